The quantitative estimate of drug-likeness (QED) is 0.526. The van der Waals surface area contributed by atoms with E-state index in [1.165, 1.54) is 6.07 Å². The Kier molecular flexibility index (Phi) is 3.95. The summed E-state index contributed by atoms with van der Waals surface area (Å²) in [6.07, 6.45) is -0.0688. The number of pyridine rings is 1. The maximum atomic E-state index is 13.0. The van der Waals surface area contributed by atoms with E-state index in [4.69, 9.17) is 4.78 Å². The summed E-state index contributed by atoms with van der Waals surface area (Å²) in [7, 11) is -3.27. The average Bonchev–Trinajstić information content (AvgIpc) is 3.33. The van der Waals surface area contributed by atoms with Gasteiger partial charge in [-0.2, -0.15) is 18.3 Å². The highest BCUT2D eigenvalue weighted by atomic mass is 32.2. The lowest BCUT2D eigenvalue weighted by Gasteiger charge is -2.05. The molecule has 30 heavy (non-hydrogen) atoms. The van der Waals surface area contributed by atoms with Gasteiger partial charge in [-0.3, -0.25) is 0 Å². The molecule has 8 nitrogen and oxygen atoms in total. The molecule has 0 bridgehead atoms. The van der Waals surface area contributed by atoms with Crippen LogP contribution in [0.4, 0.5) is 13.2 Å². The molecule has 156 valence electrons. The third-order valence-corrected chi connectivity index (χ3v) is 6.84. The fourth-order valence-corrected chi connectivity index (χ4v) is 4.35. The molecule has 0 aliphatic heterocycles. The number of fused-ring (bicyclic) bond motifs is 2. The first-order valence-electron chi connectivity index (χ1n) is 9.27. The van der Waals surface area contributed by atoms with Gasteiger partial charge in [-0.15, -0.1) is 5.10 Å². The van der Waals surface area contributed by atoms with Crippen LogP contribution < -0.4 is 0 Å². The van der Waals surface area contributed by atoms with Crippen LogP contribution in [0.15, 0.2) is 35.6 Å². The molecule has 4 aromatic heterocycles. The monoisotopic (exact) mass is 435 g/mol. The van der Waals surface area contributed by atoms with E-state index in [1.807, 2.05) is 6.07 Å². The molecule has 1 aliphatic carbocycles. The van der Waals surface area contributed by atoms with Crippen LogP contribution in [-0.2, 0) is 15.9 Å². The number of alkyl halides is 3. The number of nitrogens with zero attached hydrogens (tertiary/aromatic N) is 6. The van der Waals surface area contributed by atoms with Crippen molar-refractivity contribution in [1.82, 2.24) is 29.2 Å². The van der Waals surface area contributed by atoms with E-state index in [1.54, 1.807) is 17.6 Å². The summed E-state index contributed by atoms with van der Waals surface area (Å²) in [5.41, 5.74) is 0.779. The largest absolute Gasteiger partial charge is 0.417 e. The van der Waals surface area contributed by atoms with E-state index in [0.717, 1.165) is 35.3 Å². The second kappa shape index (κ2) is 6.24. The van der Waals surface area contributed by atoms with Crippen molar-refractivity contribution in [2.45, 2.75) is 36.9 Å². The topological polar surface area (TPSA) is 101 Å². The minimum absolute atomic E-state index is 0.00227. The Hall–Kier alpha value is -3.02. The first-order chi connectivity index (χ1) is 14.2. The van der Waals surface area contributed by atoms with Crippen LogP contribution in [0.1, 0.15) is 36.9 Å². The van der Waals surface area contributed by atoms with Gasteiger partial charge in [-0.05, 0) is 31.0 Å². The first-order valence-corrected chi connectivity index (χ1v) is 11.0. The molecule has 1 unspecified atom stereocenters. The van der Waals surface area contributed by atoms with Crippen LogP contribution in [0, 0.1) is 4.78 Å². The highest BCUT2D eigenvalue weighted by Crippen LogP contribution is 2.41. The Balaban J connectivity index is 1.79. The fraction of sp³-hybridized carbons (Fsp3) is 0.333. The molecule has 4 aromatic rings. The Morgan fingerprint density at radius 1 is 1.23 bits per heavy atom. The molecule has 0 saturated heterocycles. The molecule has 1 aliphatic rings. The molecule has 0 aromatic carbocycles. The number of hydrogen-bond acceptors (Lipinski definition) is 6. The van der Waals surface area contributed by atoms with Crippen molar-refractivity contribution in [2.75, 3.05) is 5.75 Å². The van der Waals surface area contributed by atoms with Crippen molar-refractivity contribution < 1.29 is 17.4 Å². The molecule has 1 N–H and O–H groups in total. The van der Waals surface area contributed by atoms with E-state index in [0.29, 0.717) is 11.6 Å². The smallest absolute Gasteiger partial charge is 0.247 e. The molecule has 12 heteroatoms. The molecule has 0 spiro atoms. The van der Waals surface area contributed by atoms with Crippen molar-refractivity contribution in [3.8, 4) is 11.4 Å². The van der Waals surface area contributed by atoms with Gasteiger partial charge in [-0.25, -0.2) is 28.0 Å². The summed E-state index contributed by atoms with van der Waals surface area (Å²) in [5.74, 6) is 0.366. The molecule has 0 radical (unpaired) electrons. The van der Waals surface area contributed by atoms with Crippen LogP contribution in [0.25, 0.3) is 22.7 Å². The Labute approximate surface area is 168 Å². The predicted molar refractivity (Wildman–Crippen MR) is 102 cm³/mol. The normalized spacial score (nSPS) is 16.9. The lowest BCUT2D eigenvalue weighted by Crippen LogP contribution is -2.06. The zero-order chi connectivity index (χ0) is 21.3. The molecule has 1 fully saturated rings. The van der Waals surface area contributed by atoms with Crippen LogP contribution in [0.2, 0.25) is 0 Å². The van der Waals surface area contributed by atoms with Gasteiger partial charge in [0.2, 0.25) is 0 Å². The van der Waals surface area contributed by atoms with Gasteiger partial charge in [0.15, 0.2) is 22.1 Å². The SMILES string of the molecule is CCS(=N)(=O)c1nn2c(C3CC3)ccnc2c1-c1nc2ccc(C(F)(F)F)cn2n1. The maximum Gasteiger partial charge on any atom is 0.417 e. The second-order valence-electron chi connectivity index (χ2n) is 7.18. The fourth-order valence-electron chi connectivity index (χ4n) is 3.35. The average molecular weight is 435 g/mol. The van der Waals surface area contributed by atoms with E-state index in [-0.39, 0.29) is 27.8 Å². The van der Waals surface area contributed by atoms with Gasteiger partial charge < -0.3 is 0 Å². The van der Waals surface area contributed by atoms with Crippen molar-refractivity contribution in [3.63, 3.8) is 0 Å². The summed E-state index contributed by atoms with van der Waals surface area (Å²) in [6.45, 7) is 1.62. The van der Waals surface area contributed by atoms with Crippen molar-refractivity contribution in [2.24, 2.45) is 0 Å². The second-order valence-corrected chi connectivity index (χ2v) is 9.49. The number of halogens is 3. The van der Waals surface area contributed by atoms with Crippen molar-refractivity contribution in [1.29, 1.82) is 4.78 Å². The number of rotatable bonds is 4. The van der Waals surface area contributed by atoms with Crippen LogP contribution in [0.5, 0.6) is 0 Å². The molecule has 5 rings (SSSR count). The van der Waals surface area contributed by atoms with Crippen LogP contribution in [0.3, 0.4) is 0 Å². The third kappa shape index (κ3) is 2.93. The highest BCUT2D eigenvalue weighted by molar-refractivity contribution is 7.92. The Morgan fingerprint density at radius 3 is 2.67 bits per heavy atom. The minimum Gasteiger partial charge on any atom is -0.247 e. The van der Waals surface area contributed by atoms with E-state index >= 15 is 0 Å². The van der Waals surface area contributed by atoms with Crippen molar-refractivity contribution in [3.05, 3.63) is 41.9 Å². The predicted octanol–water partition coefficient (Wildman–Crippen LogP) is 3.76. The zero-order valence-electron chi connectivity index (χ0n) is 15.7. The summed E-state index contributed by atoms with van der Waals surface area (Å²) in [4.78, 5) is 8.66. The van der Waals surface area contributed by atoms with Gasteiger partial charge in [-0.1, -0.05) is 6.92 Å². The number of aromatic nitrogens is 6. The van der Waals surface area contributed by atoms with E-state index in [9.17, 15) is 17.4 Å². The summed E-state index contributed by atoms with van der Waals surface area (Å²) in [6, 6.07) is 3.97. The van der Waals surface area contributed by atoms with Gasteiger partial charge in [0.05, 0.1) is 15.3 Å². The molecule has 0 amide bonds. The summed E-state index contributed by atoms with van der Waals surface area (Å²) in [5, 5.41) is 8.62. The van der Waals surface area contributed by atoms with Crippen LogP contribution >= 0.6 is 0 Å². The third-order valence-electron chi connectivity index (χ3n) is 5.11. The number of nitrogens with one attached hydrogen (secondary N) is 1. The molecular formula is C18H16F3N7OS. The summed E-state index contributed by atoms with van der Waals surface area (Å²) >= 11 is 0. The first kappa shape index (κ1) is 19.0. The molecule has 1 atom stereocenters. The lowest BCUT2D eigenvalue weighted by molar-refractivity contribution is -0.137. The standard InChI is InChI=1S/C18H16F3N7OS/c1-2-30(22,29)17-14(16-23-8-7-12(10-3-4-10)28(16)26-17)15-24-13-6-5-11(18(19,20)21)9-27(13)25-15/h5-10,22H,2-4H2,1H3. The van der Waals surface area contributed by atoms with Gasteiger partial charge in [0.1, 0.15) is 5.56 Å². The molecule has 1 saturated carbocycles. The Bertz CT molecular complexity index is 1400. The maximum absolute atomic E-state index is 13.0. The van der Waals surface area contributed by atoms with Gasteiger partial charge >= 0.3 is 6.18 Å². The Morgan fingerprint density at radius 2 is 2.00 bits per heavy atom. The van der Waals surface area contributed by atoms with Gasteiger partial charge in [0, 0.05) is 29.8 Å². The highest BCUT2D eigenvalue weighted by Gasteiger charge is 2.33. The summed E-state index contributed by atoms with van der Waals surface area (Å²) < 4.78 is 63.0. The molecule has 4 heterocycles. The van der Waals surface area contributed by atoms with Crippen LogP contribution in [-0.4, -0.2) is 39.2 Å². The van der Waals surface area contributed by atoms with Crippen molar-refractivity contribution >= 4 is 21.0 Å². The lowest BCUT2D eigenvalue weighted by atomic mass is 10.2. The minimum atomic E-state index is -4.52. The zero-order valence-corrected chi connectivity index (χ0v) is 16.5. The van der Waals surface area contributed by atoms with E-state index in [2.05, 4.69) is 20.2 Å². The van der Waals surface area contributed by atoms with Gasteiger partial charge in [0.25, 0.3) is 0 Å². The molecular weight excluding hydrogens is 419 g/mol. The van der Waals surface area contributed by atoms with E-state index < -0.39 is 21.5 Å². The number of hydrogen-bond donors (Lipinski definition) is 1.